The highest BCUT2D eigenvalue weighted by Gasteiger charge is 2.15. The molecule has 0 saturated heterocycles. The minimum Gasteiger partial charge on any atom is -0.424 e. The number of hydrogen-bond donors (Lipinski definition) is 0. The molecule has 0 aliphatic carbocycles. The predicted molar refractivity (Wildman–Crippen MR) is 51.2 cm³/mol. The Bertz CT molecular complexity index is 338. The predicted octanol–water partition coefficient (Wildman–Crippen LogP) is 2.46. The SMILES string of the molecule is CC1=CC(=CCCCN=[N+]=[N-])OC1=O. The number of carbonyl (C=O) groups is 1. The summed E-state index contributed by atoms with van der Waals surface area (Å²) in [5.41, 5.74) is 8.63. The van der Waals surface area contributed by atoms with Gasteiger partial charge in [-0.1, -0.05) is 5.11 Å². The van der Waals surface area contributed by atoms with Crippen LogP contribution in [0.4, 0.5) is 0 Å². The minimum absolute atomic E-state index is 0.286. The highest BCUT2D eigenvalue weighted by atomic mass is 16.5. The maximum atomic E-state index is 10.9. The molecule has 74 valence electrons. The Labute approximate surface area is 81.7 Å². The molecule has 0 aromatic heterocycles. The van der Waals surface area contributed by atoms with E-state index in [-0.39, 0.29) is 5.97 Å². The number of unbranched alkanes of at least 4 members (excludes halogenated alkanes) is 1. The first-order chi connectivity index (χ1) is 6.74. The molecule has 0 spiro atoms. The van der Waals surface area contributed by atoms with Crippen molar-refractivity contribution in [3.05, 3.63) is 33.9 Å². The average molecular weight is 193 g/mol. The zero-order valence-corrected chi connectivity index (χ0v) is 7.93. The van der Waals surface area contributed by atoms with E-state index in [0.717, 1.165) is 12.8 Å². The molecule has 0 amide bonds. The number of cyclic esters (lactones) is 1. The smallest absolute Gasteiger partial charge is 0.339 e. The number of allylic oxidation sites excluding steroid dienone is 2. The van der Waals surface area contributed by atoms with E-state index < -0.39 is 0 Å². The Balaban J connectivity index is 2.33. The lowest BCUT2D eigenvalue weighted by Crippen LogP contribution is -1.94. The first-order valence-corrected chi connectivity index (χ1v) is 4.35. The van der Waals surface area contributed by atoms with Crippen molar-refractivity contribution >= 4 is 5.97 Å². The van der Waals surface area contributed by atoms with Gasteiger partial charge in [-0.15, -0.1) is 0 Å². The van der Waals surface area contributed by atoms with Crippen molar-refractivity contribution in [3.63, 3.8) is 0 Å². The summed E-state index contributed by atoms with van der Waals surface area (Å²) in [6.45, 7) is 2.18. The van der Waals surface area contributed by atoms with Crippen LogP contribution < -0.4 is 0 Å². The van der Waals surface area contributed by atoms with Crippen LogP contribution in [0.25, 0.3) is 10.4 Å². The molecular formula is C9H11N3O2. The van der Waals surface area contributed by atoms with Gasteiger partial charge in [-0.3, -0.25) is 0 Å². The van der Waals surface area contributed by atoms with Gasteiger partial charge in [0.15, 0.2) is 0 Å². The van der Waals surface area contributed by atoms with Crippen LogP contribution >= 0.6 is 0 Å². The molecule has 0 bridgehead atoms. The Morgan fingerprint density at radius 3 is 3.07 bits per heavy atom. The van der Waals surface area contributed by atoms with E-state index in [1.54, 1.807) is 13.0 Å². The average Bonchev–Trinajstić information content (AvgIpc) is 2.46. The van der Waals surface area contributed by atoms with Crippen molar-refractivity contribution in [3.8, 4) is 0 Å². The molecule has 1 aliphatic rings. The Morgan fingerprint density at radius 2 is 2.50 bits per heavy atom. The van der Waals surface area contributed by atoms with Gasteiger partial charge in [0, 0.05) is 17.0 Å². The maximum absolute atomic E-state index is 10.9. The maximum Gasteiger partial charge on any atom is 0.339 e. The van der Waals surface area contributed by atoms with E-state index >= 15 is 0 Å². The fourth-order valence-corrected chi connectivity index (χ4v) is 1.04. The molecule has 5 nitrogen and oxygen atoms in total. The van der Waals surface area contributed by atoms with Gasteiger partial charge in [0.25, 0.3) is 0 Å². The third-order valence-corrected chi connectivity index (χ3v) is 1.76. The van der Waals surface area contributed by atoms with Gasteiger partial charge >= 0.3 is 5.97 Å². The number of carbonyl (C=O) groups excluding carboxylic acids is 1. The van der Waals surface area contributed by atoms with Crippen LogP contribution in [0.2, 0.25) is 0 Å². The quantitative estimate of drug-likeness (QED) is 0.226. The van der Waals surface area contributed by atoms with Crippen molar-refractivity contribution in [1.29, 1.82) is 0 Å². The second-order valence-corrected chi connectivity index (χ2v) is 2.92. The molecule has 0 radical (unpaired) electrons. The molecular weight excluding hydrogens is 182 g/mol. The third kappa shape index (κ3) is 2.95. The highest BCUT2D eigenvalue weighted by molar-refractivity contribution is 5.92. The molecule has 1 aliphatic heterocycles. The minimum atomic E-state index is -0.286. The van der Waals surface area contributed by atoms with E-state index in [9.17, 15) is 4.79 Å². The van der Waals surface area contributed by atoms with Crippen LogP contribution in [-0.4, -0.2) is 12.5 Å². The number of nitrogens with zero attached hydrogens (tertiary/aromatic N) is 3. The Morgan fingerprint density at radius 1 is 1.71 bits per heavy atom. The summed E-state index contributed by atoms with van der Waals surface area (Å²) in [6.07, 6.45) is 5.03. The van der Waals surface area contributed by atoms with Crippen LogP contribution in [-0.2, 0) is 9.53 Å². The van der Waals surface area contributed by atoms with Gasteiger partial charge in [-0.05, 0) is 37.4 Å². The molecule has 0 aromatic carbocycles. The largest absolute Gasteiger partial charge is 0.424 e. The van der Waals surface area contributed by atoms with Crippen molar-refractivity contribution < 1.29 is 9.53 Å². The summed E-state index contributed by atoms with van der Waals surface area (Å²) < 4.78 is 4.91. The standard InChI is InChI=1S/C9H11N3O2/c1-7-6-8(14-9(7)13)4-2-3-5-11-12-10/h4,6H,2-3,5H2,1H3. The van der Waals surface area contributed by atoms with Crippen LogP contribution in [0.1, 0.15) is 19.8 Å². The molecule has 0 fully saturated rings. The first-order valence-electron chi connectivity index (χ1n) is 4.35. The van der Waals surface area contributed by atoms with E-state index in [0.29, 0.717) is 17.9 Å². The van der Waals surface area contributed by atoms with Gasteiger partial charge in [0.05, 0.1) is 0 Å². The fourth-order valence-electron chi connectivity index (χ4n) is 1.04. The van der Waals surface area contributed by atoms with Crippen molar-refractivity contribution in [2.24, 2.45) is 5.11 Å². The topological polar surface area (TPSA) is 75.1 Å². The number of hydrogen-bond acceptors (Lipinski definition) is 3. The highest BCUT2D eigenvalue weighted by Crippen LogP contribution is 2.16. The Kier molecular flexibility index (Phi) is 3.76. The summed E-state index contributed by atoms with van der Waals surface area (Å²) in [6, 6.07) is 0. The van der Waals surface area contributed by atoms with Gasteiger partial charge < -0.3 is 4.74 Å². The lowest BCUT2D eigenvalue weighted by molar-refractivity contribution is -0.133. The fraction of sp³-hybridized carbons (Fsp3) is 0.444. The molecule has 1 heterocycles. The zero-order valence-electron chi connectivity index (χ0n) is 7.93. The molecule has 14 heavy (non-hydrogen) atoms. The van der Waals surface area contributed by atoms with E-state index in [1.807, 2.05) is 6.08 Å². The molecule has 5 heteroatoms. The summed E-state index contributed by atoms with van der Waals surface area (Å²) in [7, 11) is 0. The lowest BCUT2D eigenvalue weighted by Gasteiger charge is -1.94. The molecule has 1 rings (SSSR count). The monoisotopic (exact) mass is 193 g/mol. The van der Waals surface area contributed by atoms with Gasteiger partial charge in [-0.25, -0.2) is 4.79 Å². The third-order valence-electron chi connectivity index (χ3n) is 1.76. The summed E-state index contributed by atoms with van der Waals surface area (Å²) in [4.78, 5) is 13.6. The first kappa shape index (κ1) is 10.3. The van der Waals surface area contributed by atoms with Gasteiger partial charge in [-0.2, -0.15) is 0 Å². The van der Waals surface area contributed by atoms with Crippen LogP contribution in [0.3, 0.4) is 0 Å². The number of esters is 1. The van der Waals surface area contributed by atoms with E-state index in [4.69, 9.17) is 10.3 Å². The van der Waals surface area contributed by atoms with E-state index in [2.05, 4.69) is 10.0 Å². The summed E-state index contributed by atoms with van der Waals surface area (Å²) >= 11 is 0. The van der Waals surface area contributed by atoms with E-state index in [1.165, 1.54) is 0 Å². The molecule has 0 saturated carbocycles. The number of azide groups is 1. The van der Waals surface area contributed by atoms with Gasteiger partial charge in [0.2, 0.25) is 0 Å². The van der Waals surface area contributed by atoms with Gasteiger partial charge in [0.1, 0.15) is 5.76 Å². The Hall–Kier alpha value is -1.74. The van der Waals surface area contributed by atoms with Crippen molar-refractivity contribution in [2.75, 3.05) is 6.54 Å². The summed E-state index contributed by atoms with van der Waals surface area (Å²) in [5, 5.41) is 3.39. The summed E-state index contributed by atoms with van der Waals surface area (Å²) in [5.74, 6) is 0.305. The number of rotatable bonds is 4. The van der Waals surface area contributed by atoms with Crippen molar-refractivity contribution in [2.45, 2.75) is 19.8 Å². The zero-order chi connectivity index (χ0) is 10.4. The molecule has 0 aromatic rings. The normalized spacial score (nSPS) is 17.6. The second-order valence-electron chi connectivity index (χ2n) is 2.92. The van der Waals surface area contributed by atoms with Crippen LogP contribution in [0.5, 0.6) is 0 Å². The molecule has 0 N–H and O–H groups in total. The second kappa shape index (κ2) is 5.09. The lowest BCUT2D eigenvalue weighted by atomic mass is 10.2. The molecule has 0 atom stereocenters. The van der Waals surface area contributed by atoms with Crippen LogP contribution in [0.15, 0.2) is 28.6 Å². The molecule has 0 unspecified atom stereocenters. The van der Waals surface area contributed by atoms with Crippen molar-refractivity contribution in [1.82, 2.24) is 0 Å². The van der Waals surface area contributed by atoms with Crippen LogP contribution in [0, 0.1) is 0 Å². The number of ether oxygens (including phenoxy) is 1.